The quantitative estimate of drug-likeness (QED) is 0.547. The van der Waals surface area contributed by atoms with Gasteiger partial charge in [-0.05, 0) is 18.1 Å². The average molecular weight is 327 g/mol. The third kappa shape index (κ3) is 3.09. The largest absolute Gasteiger partial charge is 0.360 e. The van der Waals surface area contributed by atoms with Gasteiger partial charge < -0.3 is 5.32 Å². The van der Waals surface area contributed by atoms with E-state index in [-0.39, 0.29) is 5.69 Å². The van der Waals surface area contributed by atoms with E-state index in [1.807, 2.05) is 24.3 Å². The lowest BCUT2D eigenvalue weighted by Crippen LogP contribution is -2.10. The van der Waals surface area contributed by atoms with Crippen LogP contribution in [0.2, 0.25) is 0 Å². The lowest BCUT2D eigenvalue weighted by Gasteiger charge is -2.11. The van der Waals surface area contributed by atoms with E-state index in [1.165, 1.54) is 11.0 Å². The molecule has 0 aliphatic carbocycles. The molecule has 0 amide bonds. The Hall–Kier alpha value is -3.23. The normalized spacial score (nSPS) is 10.8. The molecule has 0 unspecified atom stereocenters. The molecule has 9 nitrogen and oxygen atoms in total. The minimum atomic E-state index is -0.411. The highest BCUT2D eigenvalue weighted by Crippen LogP contribution is 2.27. The number of rotatable bonds is 6. The van der Waals surface area contributed by atoms with Gasteiger partial charge in [-0.3, -0.25) is 10.1 Å². The van der Waals surface area contributed by atoms with E-state index >= 15 is 0 Å². The topological polar surface area (TPSA) is 104 Å². The molecule has 124 valence electrons. The number of aryl methyl sites for hydroxylation is 2. The predicted molar refractivity (Wildman–Crippen MR) is 87.5 cm³/mol. The van der Waals surface area contributed by atoms with Crippen molar-refractivity contribution in [3.63, 3.8) is 0 Å². The van der Waals surface area contributed by atoms with Crippen molar-refractivity contribution >= 4 is 11.5 Å². The molecule has 0 saturated heterocycles. The van der Waals surface area contributed by atoms with Crippen LogP contribution in [0.4, 0.5) is 11.5 Å². The van der Waals surface area contributed by atoms with E-state index in [4.69, 9.17) is 0 Å². The molecule has 0 spiro atoms. The second kappa shape index (κ2) is 6.49. The molecule has 24 heavy (non-hydrogen) atoms. The first-order valence-electron chi connectivity index (χ1n) is 7.37. The molecule has 3 rings (SSSR count). The Bertz CT molecular complexity index is 855. The summed E-state index contributed by atoms with van der Waals surface area (Å²) in [6.07, 6.45) is 3.14. The van der Waals surface area contributed by atoms with Gasteiger partial charge in [-0.15, -0.1) is 0 Å². The molecule has 0 radical (unpaired) electrons. The van der Waals surface area contributed by atoms with E-state index < -0.39 is 4.92 Å². The van der Waals surface area contributed by atoms with Gasteiger partial charge in [0, 0.05) is 13.6 Å². The molecule has 0 aliphatic heterocycles. The van der Waals surface area contributed by atoms with Crippen molar-refractivity contribution in [1.82, 2.24) is 24.5 Å². The number of nitrogens with one attached hydrogen (secondary N) is 1. The molecule has 3 aromatic rings. The lowest BCUT2D eigenvalue weighted by atomic mass is 10.1. The first-order chi connectivity index (χ1) is 11.6. The van der Waals surface area contributed by atoms with Gasteiger partial charge in [0.05, 0.1) is 11.5 Å². The number of benzene rings is 1. The Kier molecular flexibility index (Phi) is 4.23. The van der Waals surface area contributed by atoms with Crippen molar-refractivity contribution in [2.24, 2.45) is 7.05 Å². The minimum Gasteiger partial charge on any atom is -0.360 e. The summed E-state index contributed by atoms with van der Waals surface area (Å²) < 4.78 is 3.23. The minimum absolute atomic E-state index is 0.00579. The Balaban J connectivity index is 1.82. The molecule has 0 atom stereocenters. The van der Waals surface area contributed by atoms with E-state index in [0.29, 0.717) is 24.6 Å². The first kappa shape index (κ1) is 15.7. The van der Waals surface area contributed by atoms with Crippen LogP contribution in [0.3, 0.4) is 0 Å². The van der Waals surface area contributed by atoms with E-state index in [0.717, 1.165) is 11.1 Å². The summed E-state index contributed by atoms with van der Waals surface area (Å²) in [5.41, 5.74) is 2.49. The number of aromatic nitrogens is 5. The molecule has 9 heteroatoms. The predicted octanol–water partition coefficient (Wildman–Crippen LogP) is 1.89. The molecule has 0 aliphatic rings. The van der Waals surface area contributed by atoms with Gasteiger partial charge in [0.2, 0.25) is 5.82 Å². The molecule has 0 bridgehead atoms. The van der Waals surface area contributed by atoms with Gasteiger partial charge in [-0.1, -0.05) is 24.3 Å². The summed E-state index contributed by atoms with van der Waals surface area (Å²) in [5, 5.41) is 22.6. The van der Waals surface area contributed by atoms with Gasteiger partial charge in [0.1, 0.15) is 18.3 Å². The Labute approximate surface area is 138 Å². The molecule has 2 heterocycles. The van der Waals surface area contributed by atoms with Gasteiger partial charge in [0.25, 0.3) is 0 Å². The Morgan fingerprint density at radius 1 is 1.29 bits per heavy atom. The van der Waals surface area contributed by atoms with Crippen molar-refractivity contribution in [3.05, 3.63) is 63.9 Å². The summed E-state index contributed by atoms with van der Waals surface area (Å²) >= 11 is 0. The van der Waals surface area contributed by atoms with E-state index in [2.05, 4.69) is 20.5 Å². The average Bonchev–Trinajstić information content (AvgIpc) is 3.14. The fourth-order valence-electron chi connectivity index (χ4n) is 2.62. The summed E-state index contributed by atoms with van der Waals surface area (Å²) in [4.78, 5) is 14.8. The SMILES string of the molecule is Cc1nn(C)c(NCc2ccccc2Cn2cncn2)c1[N+](=O)[O-]. The zero-order valence-corrected chi connectivity index (χ0v) is 13.4. The van der Waals surface area contributed by atoms with Crippen molar-refractivity contribution in [2.45, 2.75) is 20.0 Å². The maximum absolute atomic E-state index is 11.2. The second-order valence-electron chi connectivity index (χ2n) is 5.38. The number of hydrogen-bond acceptors (Lipinski definition) is 6. The second-order valence-corrected chi connectivity index (χ2v) is 5.38. The first-order valence-corrected chi connectivity index (χ1v) is 7.37. The molecule has 2 aromatic heterocycles. The van der Waals surface area contributed by atoms with Crippen molar-refractivity contribution in [3.8, 4) is 0 Å². The zero-order chi connectivity index (χ0) is 17.1. The number of anilines is 1. The van der Waals surface area contributed by atoms with Crippen LogP contribution in [0.1, 0.15) is 16.8 Å². The van der Waals surface area contributed by atoms with Crippen LogP contribution in [-0.4, -0.2) is 29.5 Å². The molecule has 1 aromatic carbocycles. The van der Waals surface area contributed by atoms with Crippen LogP contribution in [-0.2, 0) is 20.1 Å². The zero-order valence-electron chi connectivity index (χ0n) is 13.4. The van der Waals surface area contributed by atoms with Crippen LogP contribution in [0.25, 0.3) is 0 Å². The molecule has 0 fully saturated rings. The molecule has 1 N–H and O–H groups in total. The number of nitrogens with zero attached hydrogens (tertiary/aromatic N) is 6. The van der Waals surface area contributed by atoms with Gasteiger partial charge in [-0.2, -0.15) is 10.2 Å². The number of nitro groups is 1. The van der Waals surface area contributed by atoms with Gasteiger partial charge >= 0.3 is 5.69 Å². The maximum Gasteiger partial charge on any atom is 0.333 e. The monoisotopic (exact) mass is 327 g/mol. The summed E-state index contributed by atoms with van der Waals surface area (Å²) in [6.45, 7) is 2.66. The molecular formula is C15H17N7O2. The third-order valence-electron chi connectivity index (χ3n) is 3.74. The van der Waals surface area contributed by atoms with Crippen LogP contribution >= 0.6 is 0 Å². The van der Waals surface area contributed by atoms with Crippen molar-refractivity contribution < 1.29 is 4.92 Å². The van der Waals surface area contributed by atoms with Gasteiger partial charge in [0.15, 0.2) is 0 Å². The lowest BCUT2D eigenvalue weighted by molar-refractivity contribution is -0.384. The summed E-state index contributed by atoms with van der Waals surface area (Å²) in [6, 6.07) is 7.87. The van der Waals surface area contributed by atoms with Gasteiger partial charge in [-0.25, -0.2) is 14.3 Å². The van der Waals surface area contributed by atoms with Crippen molar-refractivity contribution in [2.75, 3.05) is 5.32 Å². The summed E-state index contributed by atoms with van der Waals surface area (Å²) in [5.74, 6) is 0.396. The number of hydrogen-bond donors (Lipinski definition) is 1. The molecule has 0 saturated carbocycles. The summed E-state index contributed by atoms with van der Waals surface area (Å²) in [7, 11) is 1.68. The fraction of sp³-hybridized carbons (Fsp3) is 0.267. The standard InChI is InChI=1S/C15H17N7O2/c1-11-14(22(23)24)15(20(2)19-11)17-7-12-5-3-4-6-13(12)8-21-10-16-9-18-21/h3-6,9-10,17H,7-8H2,1-2H3. The van der Waals surface area contributed by atoms with Crippen molar-refractivity contribution in [1.29, 1.82) is 0 Å². The highest BCUT2D eigenvalue weighted by Gasteiger charge is 2.23. The highest BCUT2D eigenvalue weighted by molar-refractivity contribution is 5.59. The van der Waals surface area contributed by atoms with Crippen LogP contribution < -0.4 is 5.32 Å². The van der Waals surface area contributed by atoms with Crippen LogP contribution in [0.5, 0.6) is 0 Å². The Morgan fingerprint density at radius 3 is 2.71 bits per heavy atom. The highest BCUT2D eigenvalue weighted by atomic mass is 16.6. The molecular weight excluding hydrogens is 310 g/mol. The van der Waals surface area contributed by atoms with E-state index in [1.54, 1.807) is 25.0 Å². The fourth-order valence-corrected chi connectivity index (χ4v) is 2.62. The van der Waals surface area contributed by atoms with Crippen LogP contribution in [0, 0.1) is 17.0 Å². The third-order valence-corrected chi connectivity index (χ3v) is 3.74. The maximum atomic E-state index is 11.2. The Morgan fingerprint density at radius 2 is 2.04 bits per heavy atom. The smallest absolute Gasteiger partial charge is 0.333 e. The van der Waals surface area contributed by atoms with Crippen LogP contribution in [0.15, 0.2) is 36.9 Å². The van der Waals surface area contributed by atoms with E-state index in [9.17, 15) is 10.1 Å².